The van der Waals surface area contributed by atoms with E-state index < -0.39 is 158 Å². The molecule has 0 saturated carbocycles. The topological polar surface area (TPSA) is 422 Å². The first-order valence-electron chi connectivity index (χ1n) is 19.5. The lowest BCUT2D eigenvalue weighted by Gasteiger charge is -2.46. The molecule has 3 heterocycles. The van der Waals surface area contributed by atoms with Crippen molar-refractivity contribution in [3.63, 3.8) is 0 Å². The number of hydrogen-bond acceptors (Lipinski definition) is 18. The number of rotatable bonds is 24. The lowest BCUT2D eigenvalue weighted by Crippen LogP contribution is -2.67. The van der Waals surface area contributed by atoms with Crippen molar-refractivity contribution in [1.29, 1.82) is 0 Å². The van der Waals surface area contributed by atoms with Crippen LogP contribution in [-0.4, -0.2) is 184 Å². The second-order valence-electron chi connectivity index (χ2n) is 14.9. The molecule has 3 fully saturated rings. The molecule has 16 N–H and O–H groups in total. The van der Waals surface area contributed by atoms with Gasteiger partial charge in [0.2, 0.25) is 35.4 Å². The van der Waals surface area contributed by atoms with Crippen molar-refractivity contribution >= 4 is 47.4 Å². The molecule has 61 heavy (non-hydrogen) atoms. The van der Waals surface area contributed by atoms with E-state index in [-0.39, 0.29) is 32.4 Å². The highest BCUT2D eigenvalue weighted by Gasteiger charge is 2.54. The number of amides is 6. The van der Waals surface area contributed by atoms with Crippen LogP contribution in [0.5, 0.6) is 0 Å². The van der Waals surface area contributed by atoms with Crippen LogP contribution < -0.4 is 43.8 Å². The Kier molecular flexibility index (Phi) is 19.6. The minimum Gasteiger partial charge on any atom is -0.480 e. The van der Waals surface area contributed by atoms with Crippen molar-refractivity contribution in [2.24, 2.45) is 17.2 Å². The molecular formula is C35H58N8O18. The van der Waals surface area contributed by atoms with Gasteiger partial charge in [-0.25, -0.2) is 4.79 Å². The number of nitrogens with two attached hydrogens (primary N) is 3. The van der Waals surface area contributed by atoms with Crippen LogP contribution >= 0.6 is 0 Å². The molecular weight excluding hydrogens is 820 g/mol. The predicted octanol–water partition coefficient (Wildman–Crippen LogP) is -6.92. The van der Waals surface area contributed by atoms with Gasteiger partial charge in [0, 0.05) is 19.9 Å². The van der Waals surface area contributed by atoms with E-state index in [9.17, 15) is 58.8 Å². The van der Waals surface area contributed by atoms with Gasteiger partial charge in [0.05, 0.1) is 25.7 Å². The normalized spacial score (nSPS) is 29.4. The van der Waals surface area contributed by atoms with Gasteiger partial charge in [-0.15, -0.1) is 0 Å². The lowest BCUT2D eigenvalue weighted by molar-refractivity contribution is -0.312. The number of carboxylic acid groups (broad SMARTS) is 2. The zero-order chi connectivity index (χ0) is 45.7. The van der Waals surface area contributed by atoms with Crippen LogP contribution in [0.4, 0.5) is 0 Å². The third kappa shape index (κ3) is 14.8. The Morgan fingerprint density at radius 3 is 2.15 bits per heavy atom. The molecule has 3 saturated heterocycles. The van der Waals surface area contributed by atoms with Crippen LogP contribution in [0.1, 0.15) is 59.3 Å². The Balaban J connectivity index is 1.53. The molecule has 3 rings (SSSR count). The van der Waals surface area contributed by atoms with Gasteiger partial charge in [0.25, 0.3) is 0 Å². The van der Waals surface area contributed by atoms with Crippen molar-refractivity contribution < 1.29 is 87.6 Å². The first kappa shape index (κ1) is 50.7. The average Bonchev–Trinajstić information content (AvgIpc) is 3.64. The van der Waals surface area contributed by atoms with E-state index in [1.807, 2.05) is 0 Å². The molecule has 6 amide bonds. The quantitative estimate of drug-likeness (QED) is 0.0401. The molecule has 0 radical (unpaired) electrons. The van der Waals surface area contributed by atoms with Crippen molar-refractivity contribution in [2.75, 3.05) is 19.8 Å². The zero-order valence-corrected chi connectivity index (χ0v) is 33.8. The Morgan fingerprint density at radius 2 is 1.54 bits per heavy atom. The van der Waals surface area contributed by atoms with E-state index >= 15 is 0 Å². The number of carboxylic acids is 2. The van der Waals surface area contributed by atoms with Crippen LogP contribution in [0, 0.1) is 0 Å². The number of carbonyl (C=O) groups excluding carboxylic acids is 6. The minimum atomic E-state index is -1.63. The van der Waals surface area contributed by atoms with Gasteiger partial charge in [-0.05, 0) is 39.5 Å². The van der Waals surface area contributed by atoms with Crippen LogP contribution in [0.25, 0.3) is 0 Å². The van der Waals surface area contributed by atoms with Gasteiger partial charge in [-0.1, -0.05) is 0 Å². The predicted molar refractivity (Wildman–Crippen MR) is 202 cm³/mol. The summed E-state index contributed by atoms with van der Waals surface area (Å²) in [5, 5.41) is 61.2. The number of hydrogen-bond donors (Lipinski definition) is 13. The molecule has 3 aliphatic heterocycles. The summed E-state index contributed by atoms with van der Waals surface area (Å²) >= 11 is 0. The summed E-state index contributed by atoms with van der Waals surface area (Å²) in [6.45, 7) is 3.16. The Bertz CT molecular complexity index is 1580. The third-order valence-corrected chi connectivity index (χ3v) is 10.1. The third-order valence-electron chi connectivity index (χ3n) is 10.1. The highest BCUT2D eigenvalue weighted by atomic mass is 16.8. The average molecular weight is 879 g/mol. The van der Waals surface area contributed by atoms with Crippen molar-refractivity contribution in [3.8, 4) is 0 Å². The second-order valence-corrected chi connectivity index (χ2v) is 14.9. The van der Waals surface area contributed by atoms with E-state index in [0.717, 1.165) is 6.92 Å². The number of aliphatic hydroxyl groups excluding tert-OH is 3. The summed E-state index contributed by atoms with van der Waals surface area (Å²) in [6, 6.07) is -7.78. The molecule has 2 bridgehead atoms. The van der Waals surface area contributed by atoms with Gasteiger partial charge in [-0.3, -0.25) is 33.6 Å². The van der Waals surface area contributed by atoms with Gasteiger partial charge in [0.15, 0.2) is 12.6 Å². The van der Waals surface area contributed by atoms with Crippen LogP contribution in [-0.2, 0) is 62.0 Å². The molecule has 346 valence electrons. The number of aliphatic hydroxyl groups is 3. The number of ether oxygens (including phenoxy) is 5. The number of fused-ring (bicyclic) bond motifs is 2. The molecule has 0 spiro atoms. The largest absolute Gasteiger partial charge is 0.480 e. The zero-order valence-electron chi connectivity index (χ0n) is 33.8. The summed E-state index contributed by atoms with van der Waals surface area (Å²) in [5.41, 5.74) is 17.1. The van der Waals surface area contributed by atoms with Crippen molar-refractivity contribution in [2.45, 2.75) is 151 Å². The maximum Gasteiger partial charge on any atom is 0.326 e. The molecule has 0 aromatic heterocycles. The SMILES string of the molecule is CC(=O)NC1C(OC2C3COC(O3)C(N)C2OC(C)C(=O)NC(C)C(=O)NC(CCC(=O)NC(CCCCNC(=O)CC(N)C(=O)O)C(=O)O)C(N)=O)OC(CO)C(O)C1O. The first-order chi connectivity index (χ1) is 28.6. The summed E-state index contributed by atoms with van der Waals surface area (Å²) in [4.78, 5) is 97.4. The van der Waals surface area contributed by atoms with E-state index in [2.05, 4.69) is 26.6 Å². The van der Waals surface area contributed by atoms with Crippen molar-refractivity contribution in [3.05, 3.63) is 0 Å². The maximum absolute atomic E-state index is 13.3. The van der Waals surface area contributed by atoms with Gasteiger partial charge < -0.3 is 93.0 Å². The van der Waals surface area contributed by atoms with Gasteiger partial charge in [0.1, 0.15) is 72.9 Å². The monoisotopic (exact) mass is 878 g/mol. The standard InChI is InChI=1S/C35H58N8O18/c1-13(30(51)43-17(29(38)50)7-8-21(46)42-18(33(55)56)6-4-5-9-39-22(47)10-16(36)32(53)54)40-31(52)14(2)58-28-23(37)34-57-12-20(60-34)27(28)61-35-24(41-15(3)45)26(49)25(48)19(11-44)59-35/h13-14,16-20,23-28,34-35,44,48-49H,4-12,36-37H2,1-3H3,(H2,38,50)(H,39,47)(H,40,52)(H,41,45)(H,42,46)(H,43,51)(H,53,54)(H,55,56). The summed E-state index contributed by atoms with van der Waals surface area (Å²) in [6.07, 6.45) is -12.1. The Morgan fingerprint density at radius 1 is 0.852 bits per heavy atom. The van der Waals surface area contributed by atoms with Gasteiger partial charge >= 0.3 is 11.9 Å². The van der Waals surface area contributed by atoms with E-state index in [1.54, 1.807) is 0 Å². The molecule has 0 aromatic carbocycles. The number of carbonyl (C=O) groups is 8. The second kappa shape index (κ2) is 23.5. The molecule has 26 heteroatoms. The molecule has 0 aromatic rings. The summed E-state index contributed by atoms with van der Waals surface area (Å²) in [5.74, 6) is -7.37. The maximum atomic E-state index is 13.3. The number of unbranched alkanes of at least 4 members (excludes halogenated alkanes) is 1. The smallest absolute Gasteiger partial charge is 0.326 e. The Labute approximate surface area is 349 Å². The molecule has 26 nitrogen and oxygen atoms in total. The highest BCUT2D eigenvalue weighted by molar-refractivity contribution is 5.92. The van der Waals surface area contributed by atoms with Crippen LogP contribution in [0.3, 0.4) is 0 Å². The first-order valence-corrected chi connectivity index (χ1v) is 19.5. The fourth-order valence-electron chi connectivity index (χ4n) is 6.61. The number of primary amides is 1. The highest BCUT2D eigenvalue weighted by Crippen LogP contribution is 2.34. The fourth-order valence-corrected chi connectivity index (χ4v) is 6.61. The molecule has 3 aliphatic rings. The van der Waals surface area contributed by atoms with Crippen molar-refractivity contribution in [1.82, 2.24) is 26.6 Å². The fraction of sp³-hybridized carbons (Fsp3) is 0.771. The van der Waals surface area contributed by atoms with E-state index in [0.29, 0.717) is 6.42 Å². The molecule has 15 atom stereocenters. The van der Waals surface area contributed by atoms with E-state index in [4.69, 9.17) is 46.0 Å². The Hall–Kier alpha value is -4.64. The minimum absolute atomic E-state index is 0.0296. The summed E-state index contributed by atoms with van der Waals surface area (Å²) < 4.78 is 29.2. The lowest BCUT2D eigenvalue weighted by atomic mass is 9.95. The van der Waals surface area contributed by atoms with Gasteiger partial charge in [-0.2, -0.15) is 0 Å². The molecule has 0 aliphatic carbocycles. The number of aliphatic carboxylic acids is 2. The number of nitrogens with one attached hydrogen (secondary N) is 5. The molecule has 15 unspecified atom stereocenters. The van der Waals surface area contributed by atoms with Crippen LogP contribution in [0.15, 0.2) is 0 Å². The van der Waals surface area contributed by atoms with E-state index in [1.165, 1.54) is 13.8 Å². The summed E-state index contributed by atoms with van der Waals surface area (Å²) in [7, 11) is 0. The van der Waals surface area contributed by atoms with Crippen LogP contribution in [0.2, 0.25) is 0 Å².